The zero-order valence-electron chi connectivity index (χ0n) is 12.6. The van der Waals surface area contributed by atoms with Crippen LogP contribution in [0.5, 0.6) is 0 Å². The molecule has 1 saturated carbocycles. The van der Waals surface area contributed by atoms with Gasteiger partial charge in [0, 0.05) is 5.92 Å². The summed E-state index contributed by atoms with van der Waals surface area (Å²) in [5.74, 6) is 2.48. The van der Waals surface area contributed by atoms with E-state index in [-0.39, 0.29) is 0 Å². The highest BCUT2D eigenvalue weighted by atomic mass is 15.5. The van der Waals surface area contributed by atoms with Crippen molar-refractivity contribution in [1.82, 2.24) is 29.8 Å². The van der Waals surface area contributed by atoms with Gasteiger partial charge >= 0.3 is 0 Å². The third kappa shape index (κ3) is 2.41. The van der Waals surface area contributed by atoms with Crippen LogP contribution < -0.4 is 0 Å². The Morgan fingerprint density at radius 2 is 1.95 bits per heavy atom. The summed E-state index contributed by atoms with van der Waals surface area (Å²) in [6, 6.07) is 9.91. The normalized spacial score (nSPS) is 15.0. The summed E-state index contributed by atoms with van der Waals surface area (Å²) in [7, 11) is 0. The zero-order chi connectivity index (χ0) is 14.9. The number of hydrogen-bond acceptors (Lipinski definition) is 4. The Morgan fingerprint density at radius 1 is 1.14 bits per heavy atom. The maximum Gasteiger partial charge on any atom is 0.154 e. The quantitative estimate of drug-likeness (QED) is 0.741. The molecule has 22 heavy (non-hydrogen) atoms. The van der Waals surface area contributed by atoms with Crippen LogP contribution in [0.4, 0.5) is 0 Å². The standard InChI is InChI=1S/C16H18N6/c1-12-18-16(13-6-5-7-13)20-21(12)11-14-10-17-22(19-14)15-8-3-2-4-9-15/h2-4,8-10,13H,5-7,11H2,1H3. The van der Waals surface area contributed by atoms with Gasteiger partial charge < -0.3 is 0 Å². The number of rotatable bonds is 4. The molecular formula is C16H18N6. The fraction of sp³-hybridized carbons (Fsp3) is 0.375. The molecule has 0 saturated heterocycles. The fourth-order valence-corrected chi connectivity index (χ4v) is 2.64. The minimum absolute atomic E-state index is 0.556. The van der Waals surface area contributed by atoms with Crippen LogP contribution in [0.25, 0.3) is 5.69 Å². The number of benzene rings is 1. The van der Waals surface area contributed by atoms with Crippen LogP contribution >= 0.6 is 0 Å². The second-order valence-electron chi connectivity index (χ2n) is 5.76. The molecule has 2 aromatic heterocycles. The number of hydrogen-bond donors (Lipinski definition) is 0. The van der Waals surface area contributed by atoms with Gasteiger partial charge in [-0.25, -0.2) is 9.67 Å². The molecule has 4 rings (SSSR count). The van der Waals surface area contributed by atoms with Gasteiger partial charge in [0.25, 0.3) is 0 Å². The number of para-hydroxylation sites is 1. The van der Waals surface area contributed by atoms with E-state index in [1.807, 2.05) is 41.9 Å². The van der Waals surface area contributed by atoms with E-state index in [9.17, 15) is 0 Å². The predicted molar refractivity (Wildman–Crippen MR) is 81.8 cm³/mol. The highest BCUT2D eigenvalue weighted by molar-refractivity contribution is 5.28. The van der Waals surface area contributed by atoms with Gasteiger partial charge in [-0.3, -0.25) is 0 Å². The molecular weight excluding hydrogens is 276 g/mol. The molecule has 0 aliphatic heterocycles. The van der Waals surface area contributed by atoms with E-state index in [0.29, 0.717) is 12.5 Å². The Morgan fingerprint density at radius 3 is 2.68 bits per heavy atom. The minimum Gasteiger partial charge on any atom is -0.244 e. The smallest absolute Gasteiger partial charge is 0.154 e. The molecule has 0 N–H and O–H groups in total. The average Bonchev–Trinajstić information content (AvgIpc) is 3.07. The van der Waals surface area contributed by atoms with Gasteiger partial charge in [-0.15, -0.1) is 0 Å². The van der Waals surface area contributed by atoms with Crippen molar-refractivity contribution in [2.45, 2.75) is 38.6 Å². The van der Waals surface area contributed by atoms with Crippen molar-refractivity contribution in [1.29, 1.82) is 0 Å². The van der Waals surface area contributed by atoms with Crippen molar-refractivity contribution < 1.29 is 0 Å². The Kier molecular flexibility index (Phi) is 3.21. The predicted octanol–water partition coefficient (Wildman–Crippen LogP) is 2.48. The fourth-order valence-electron chi connectivity index (χ4n) is 2.64. The highest BCUT2D eigenvalue weighted by Crippen LogP contribution is 2.34. The van der Waals surface area contributed by atoms with E-state index >= 15 is 0 Å². The minimum atomic E-state index is 0.556. The lowest BCUT2D eigenvalue weighted by molar-refractivity contribution is 0.399. The van der Waals surface area contributed by atoms with Gasteiger partial charge in [0.2, 0.25) is 0 Å². The number of nitrogens with zero attached hydrogens (tertiary/aromatic N) is 6. The monoisotopic (exact) mass is 294 g/mol. The Hall–Kier alpha value is -2.50. The SMILES string of the molecule is Cc1nc(C2CCC2)nn1Cc1cnn(-c2ccccc2)n1. The highest BCUT2D eigenvalue weighted by Gasteiger charge is 2.24. The van der Waals surface area contributed by atoms with Crippen molar-refractivity contribution in [3.8, 4) is 5.69 Å². The molecule has 3 aromatic rings. The molecule has 6 nitrogen and oxygen atoms in total. The lowest BCUT2D eigenvalue weighted by atomic mass is 9.85. The topological polar surface area (TPSA) is 61.4 Å². The van der Waals surface area contributed by atoms with E-state index in [2.05, 4.69) is 20.3 Å². The summed E-state index contributed by atoms with van der Waals surface area (Å²) in [4.78, 5) is 6.24. The molecule has 112 valence electrons. The van der Waals surface area contributed by atoms with Crippen molar-refractivity contribution in [3.63, 3.8) is 0 Å². The van der Waals surface area contributed by atoms with E-state index < -0.39 is 0 Å². The van der Waals surface area contributed by atoms with Crippen LogP contribution in [0.2, 0.25) is 0 Å². The molecule has 2 heterocycles. The van der Waals surface area contributed by atoms with Crippen LogP contribution in [-0.2, 0) is 6.54 Å². The van der Waals surface area contributed by atoms with Gasteiger partial charge in [-0.2, -0.15) is 20.1 Å². The van der Waals surface area contributed by atoms with Crippen LogP contribution in [0, 0.1) is 6.92 Å². The lowest BCUT2D eigenvalue weighted by Crippen LogP contribution is -2.11. The molecule has 1 aliphatic rings. The molecule has 0 unspecified atom stereocenters. The van der Waals surface area contributed by atoms with Crippen molar-refractivity contribution >= 4 is 0 Å². The summed E-state index contributed by atoms with van der Waals surface area (Å²) in [6.07, 6.45) is 5.52. The van der Waals surface area contributed by atoms with Crippen molar-refractivity contribution in [2.75, 3.05) is 0 Å². The van der Waals surface area contributed by atoms with Gasteiger partial charge in [0.15, 0.2) is 5.82 Å². The van der Waals surface area contributed by atoms with Gasteiger partial charge in [-0.1, -0.05) is 24.6 Å². The maximum absolute atomic E-state index is 4.64. The molecule has 1 aromatic carbocycles. The first kappa shape index (κ1) is 13.2. The molecule has 0 amide bonds. The first-order chi connectivity index (χ1) is 10.8. The third-order valence-electron chi connectivity index (χ3n) is 4.18. The van der Waals surface area contributed by atoms with E-state index in [4.69, 9.17) is 0 Å². The molecule has 1 fully saturated rings. The number of aromatic nitrogens is 6. The van der Waals surface area contributed by atoms with Crippen LogP contribution in [-0.4, -0.2) is 29.8 Å². The third-order valence-corrected chi connectivity index (χ3v) is 4.18. The summed E-state index contributed by atoms with van der Waals surface area (Å²) < 4.78 is 1.92. The van der Waals surface area contributed by atoms with E-state index in [1.165, 1.54) is 19.3 Å². The summed E-state index contributed by atoms with van der Waals surface area (Å²) in [6.45, 7) is 2.61. The van der Waals surface area contributed by atoms with Crippen molar-refractivity contribution in [3.05, 3.63) is 53.9 Å². The molecule has 0 bridgehead atoms. The summed E-state index contributed by atoms with van der Waals surface area (Å²) >= 11 is 0. The largest absolute Gasteiger partial charge is 0.244 e. The van der Waals surface area contributed by atoms with Gasteiger partial charge in [-0.05, 0) is 31.9 Å². The lowest BCUT2D eigenvalue weighted by Gasteiger charge is -2.21. The average molecular weight is 294 g/mol. The molecule has 0 atom stereocenters. The second kappa shape index (κ2) is 5.36. The maximum atomic E-state index is 4.64. The first-order valence-electron chi connectivity index (χ1n) is 7.67. The van der Waals surface area contributed by atoms with Crippen LogP contribution in [0.3, 0.4) is 0 Å². The molecule has 0 spiro atoms. The van der Waals surface area contributed by atoms with Crippen LogP contribution in [0.15, 0.2) is 36.5 Å². The number of aryl methyl sites for hydroxylation is 1. The summed E-state index contributed by atoms with van der Waals surface area (Å²) in [5.41, 5.74) is 1.84. The summed E-state index contributed by atoms with van der Waals surface area (Å²) in [5, 5.41) is 13.5. The second-order valence-corrected chi connectivity index (χ2v) is 5.76. The van der Waals surface area contributed by atoms with E-state index in [0.717, 1.165) is 23.0 Å². The zero-order valence-corrected chi connectivity index (χ0v) is 12.6. The van der Waals surface area contributed by atoms with Gasteiger partial charge in [0.05, 0.1) is 18.4 Å². The first-order valence-corrected chi connectivity index (χ1v) is 7.67. The molecule has 1 aliphatic carbocycles. The van der Waals surface area contributed by atoms with Gasteiger partial charge in [0.1, 0.15) is 11.5 Å². The Labute approximate surface area is 128 Å². The van der Waals surface area contributed by atoms with Crippen molar-refractivity contribution in [2.24, 2.45) is 0 Å². The van der Waals surface area contributed by atoms with Crippen LogP contribution in [0.1, 0.15) is 42.5 Å². The Bertz CT molecular complexity index is 769. The Balaban J connectivity index is 1.54. The van der Waals surface area contributed by atoms with E-state index in [1.54, 1.807) is 11.0 Å². The molecule has 6 heteroatoms. The molecule has 0 radical (unpaired) electrons.